The lowest BCUT2D eigenvalue weighted by molar-refractivity contribution is 0.553. The van der Waals surface area contributed by atoms with Crippen molar-refractivity contribution in [1.29, 1.82) is 0 Å². The normalized spacial score (nSPS) is 11.4. The number of aromatic nitrogens is 1. The molecule has 2 nitrogen and oxygen atoms in total. The molecule has 0 saturated heterocycles. The van der Waals surface area contributed by atoms with Gasteiger partial charge in [0.05, 0.1) is 0 Å². The number of oxazole rings is 1. The third-order valence-corrected chi connectivity index (χ3v) is 2.09. The molecule has 0 radical (unpaired) electrons. The molecular formula is C10H10FNO. The van der Waals surface area contributed by atoms with Crippen molar-refractivity contribution in [2.45, 2.75) is 19.8 Å². The molecule has 0 spiro atoms. The Hall–Kier alpha value is -1.38. The van der Waals surface area contributed by atoms with Crippen molar-refractivity contribution in [2.75, 3.05) is 0 Å². The van der Waals surface area contributed by atoms with Crippen molar-refractivity contribution in [1.82, 2.24) is 4.98 Å². The second kappa shape index (κ2) is 2.83. The summed E-state index contributed by atoms with van der Waals surface area (Å²) in [7, 11) is 0. The molecule has 0 aliphatic rings. The molecule has 1 heterocycles. The number of benzene rings is 1. The van der Waals surface area contributed by atoms with Gasteiger partial charge in [-0.05, 0) is 17.5 Å². The van der Waals surface area contributed by atoms with Crippen LogP contribution in [0.15, 0.2) is 22.9 Å². The van der Waals surface area contributed by atoms with E-state index in [0.717, 1.165) is 5.56 Å². The first kappa shape index (κ1) is 8.23. The first-order valence-corrected chi connectivity index (χ1v) is 4.21. The van der Waals surface area contributed by atoms with Gasteiger partial charge in [0, 0.05) is 0 Å². The summed E-state index contributed by atoms with van der Waals surface area (Å²) in [6.45, 7) is 4.09. The smallest absolute Gasteiger partial charge is 0.190 e. The van der Waals surface area contributed by atoms with Crippen molar-refractivity contribution < 1.29 is 8.81 Å². The highest BCUT2D eigenvalue weighted by Gasteiger charge is 2.11. The number of halogens is 1. The van der Waals surface area contributed by atoms with Crippen molar-refractivity contribution in [3.63, 3.8) is 0 Å². The third-order valence-electron chi connectivity index (χ3n) is 2.09. The van der Waals surface area contributed by atoms with Crippen molar-refractivity contribution in [3.05, 3.63) is 29.9 Å². The molecule has 0 aliphatic carbocycles. The van der Waals surface area contributed by atoms with E-state index in [1.54, 1.807) is 6.07 Å². The summed E-state index contributed by atoms with van der Waals surface area (Å²) >= 11 is 0. The van der Waals surface area contributed by atoms with Crippen molar-refractivity contribution >= 4 is 11.1 Å². The Balaban J connectivity index is 2.78. The predicted molar refractivity (Wildman–Crippen MR) is 48.1 cm³/mol. The molecule has 0 fully saturated rings. The molecule has 0 amide bonds. The van der Waals surface area contributed by atoms with Gasteiger partial charge in [-0.3, -0.25) is 0 Å². The molecule has 2 rings (SSSR count). The van der Waals surface area contributed by atoms with Crippen molar-refractivity contribution in [2.24, 2.45) is 0 Å². The molecule has 13 heavy (non-hydrogen) atoms. The van der Waals surface area contributed by atoms with Crippen LogP contribution in [0.3, 0.4) is 0 Å². The zero-order valence-corrected chi connectivity index (χ0v) is 7.54. The highest BCUT2D eigenvalue weighted by atomic mass is 19.1. The molecule has 0 saturated carbocycles. The Morgan fingerprint density at radius 3 is 2.85 bits per heavy atom. The molecule has 68 valence electrons. The molecular weight excluding hydrogens is 169 g/mol. The van der Waals surface area contributed by atoms with Crippen LogP contribution in [0.5, 0.6) is 0 Å². The van der Waals surface area contributed by atoms with E-state index in [2.05, 4.69) is 4.98 Å². The maximum atomic E-state index is 13.1. The van der Waals surface area contributed by atoms with Crippen LogP contribution >= 0.6 is 0 Å². The summed E-state index contributed by atoms with van der Waals surface area (Å²) in [6, 6.07) is 3.17. The minimum absolute atomic E-state index is 0.256. The quantitative estimate of drug-likeness (QED) is 0.672. The average molecular weight is 179 g/mol. The summed E-state index contributed by atoms with van der Waals surface area (Å²) in [6.07, 6.45) is 1.28. The monoisotopic (exact) mass is 179 g/mol. The molecule has 0 aliphatic heterocycles. The Kier molecular flexibility index (Phi) is 1.79. The van der Waals surface area contributed by atoms with Crippen LogP contribution in [0.25, 0.3) is 11.1 Å². The van der Waals surface area contributed by atoms with Gasteiger partial charge in [-0.1, -0.05) is 19.9 Å². The van der Waals surface area contributed by atoms with Gasteiger partial charge in [0.2, 0.25) is 0 Å². The lowest BCUT2D eigenvalue weighted by atomic mass is 10.0. The van der Waals surface area contributed by atoms with E-state index in [0.29, 0.717) is 11.4 Å². The van der Waals surface area contributed by atoms with Gasteiger partial charge < -0.3 is 4.42 Å². The van der Waals surface area contributed by atoms with E-state index in [-0.39, 0.29) is 11.4 Å². The van der Waals surface area contributed by atoms with E-state index in [4.69, 9.17) is 4.42 Å². The van der Waals surface area contributed by atoms with Crippen LogP contribution in [0.2, 0.25) is 0 Å². The van der Waals surface area contributed by atoms with Crippen LogP contribution in [0, 0.1) is 5.82 Å². The fourth-order valence-electron chi connectivity index (χ4n) is 1.40. The second-order valence-electron chi connectivity index (χ2n) is 3.32. The Labute approximate surface area is 75.4 Å². The van der Waals surface area contributed by atoms with Gasteiger partial charge >= 0.3 is 0 Å². The third kappa shape index (κ3) is 1.20. The molecule has 1 aromatic carbocycles. The average Bonchev–Trinajstić information content (AvgIpc) is 2.53. The Morgan fingerprint density at radius 1 is 1.38 bits per heavy atom. The number of hydrogen-bond donors (Lipinski definition) is 0. The standard InChI is InChI=1S/C10H10FNO/c1-6(2)7-3-4-8(11)10-9(7)12-5-13-10/h3-6H,1-2H3. The zero-order valence-electron chi connectivity index (χ0n) is 7.54. The lowest BCUT2D eigenvalue weighted by Gasteiger charge is -2.04. The summed E-state index contributed by atoms with van der Waals surface area (Å²) in [5.74, 6) is -0.0231. The first-order valence-electron chi connectivity index (χ1n) is 4.21. The van der Waals surface area contributed by atoms with E-state index < -0.39 is 0 Å². The minimum Gasteiger partial charge on any atom is -0.440 e. The molecule has 0 atom stereocenters. The van der Waals surface area contributed by atoms with Crippen LogP contribution in [0.1, 0.15) is 25.3 Å². The van der Waals surface area contributed by atoms with Crippen LogP contribution in [-0.4, -0.2) is 4.98 Å². The highest BCUT2D eigenvalue weighted by Crippen LogP contribution is 2.25. The van der Waals surface area contributed by atoms with Gasteiger partial charge in [-0.2, -0.15) is 0 Å². The molecule has 3 heteroatoms. The van der Waals surface area contributed by atoms with E-state index in [9.17, 15) is 4.39 Å². The van der Waals surface area contributed by atoms with Crippen LogP contribution < -0.4 is 0 Å². The predicted octanol–water partition coefficient (Wildman–Crippen LogP) is 3.09. The van der Waals surface area contributed by atoms with E-state index in [1.807, 2.05) is 13.8 Å². The maximum absolute atomic E-state index is 13.1. The minimum atomic E-state index is -0.350. The largest absolute Gasteiger partial charge is 0.440 e. The summed E-state index contributed by atoms with van der Waals surface area (Å²) in [5.41, 5.74) is 1.91. The Morgan fingerprint density at radius 2 is 2.15 bits per heavy atom. The van der Waals surface area contributed by atoms with Crippen LogP contribution in [-0.2, 0) is 0 Å². The summed E-state index contributed by atoms with van der Waals surface area (Å²) in [5, 5.41) is 0. The number of hydrogen-bond acceptors (Lipinski definition) is 2. The van der Waals surface area contributed by atoms with Gasteiger partial charge in [-0.25, -0.2) is 9.37 Å². The number of rotatable bonds is 1. The maximum Gasteiger partial charge on any atom is 0.190 e. The highest BCUT2D eigenvalue weighted by molar-refractivity contribution is 5.77. The molecule has 2 aromatic rings. The summed E-state index contributed by atoms with van der Waals surface area (Å²) in [4.78, 5) is 3.99. The summed E-state index contributed by atoms with van der Waals surface area (Å²) < 4.78 is 18.1. The zero-order chi connectivity index (χ0) is 9.42. The second-order valence-corrected chi connectivity index (χ2v) is 3.32. The molecule has 1 aromatic heterocycles. The van der Waals surface area contributed by atoms with E-state index in [1.165, 1.54) is 12.5 Å². The Bertz CT molecular complexity index is 433. The van der Waals surface area contributed by atoms with Crippen LogP contribution in [0.4, 0.5) is 4.39 Å². The van der Waals surface area contributed by atoms with Crippen molar-refractivity contribution in [3.8, 4) is 0 Å². The molecule has 0 unspecified atom stereocenters. The first-order chi connectivity index (χ1) is 6.20. The SMILES string of the molecule is CC(C)c1ccc(F)c2ocnc12. The fourth-order valence-corrected chi connectivity index (χ4v) is 1.40. The van der Waals surface area contributed by atoms with Gasteiger partial charge in [0.15, 0.2) is 17.8 Å². The molecule has 0 bridgehead atoms. The number of fused-ring (bicyclic) bond motifs is 1. The van der Waals surface area contributed by atoms with Gasteiger partial charge in [0.1, 0.15) is 5.52 Å². The van der Waals surface area contributed by atoms with Gasteiger partial charge in [-0.15, -0.1) is 0 Å². The number of nitrogens with zero attached hydrogens (tertiary/aromatic N) is 1. The lowest BCUT2D eigenvalue weighted by Crippen LogP contribution is -1.90. The van der Waals surface area contributed by atoms with Gasteiger partial charge in [0.25, 0.3) is 0 Å². The molecule has 0 N–H and O–H groups in total. The topological polar surface area (TPSA) is 26.0 Å². The van der Waals surface area contributed by atoms with E-state index >= 15 is 0 Å². The fraction of sp³-hybridized carbons (Fsp3) is 0.300.